The van der Waals surface area contributed by atoms with Gasteiger partial charge in [-0.2, -0.15) is 0 Å². The maximum atomic E-state index is 14.3. The van der Waals surface area contributed by atoms with Crippen LogP contribution in [-0.4, -0.2) is 12.6 Å². The van der Waals surface area contributed by atoms with Gasteiger partial charge in [0.2, 0.25) is 0 Å². The number of carbonyl (C=O) groups excluding carboxylic acids is 1. The van der Waals surface area contributed by atoms with Crippen LogP contribution in [0.3, 0.4) is 0 Å². The fourth-order valence-electron chi connectivity index (χ4n) is 2.35. The summed E-state index contributed by atoms with van der Waals surface area (Å²) in [7, 11) is 0. The van der Waals surface area contributed by atoms with Gasteiger partial charge < -0.3 is 4.74 Å². The van der Waals surface area contributed by atoms with Crippen molar-refractivity contribution >= 4 is 27.4 Å². The first-order chi connectivity index (χ1) is 10.6. The average Bonchev–Trinajstić information content (AvgIpc) is 2.92. The Morgan fingerprint density at radius 3 is 2.55 bits per heavy atom. The van der Waals surface area contributed by atoms with Gasteiger partial charge >= 0.3 is 5.97 Å². The van der Waals surface area contributed by atoms with Gasteiger partial charge in [0.1, 0.15) is 4.88 Å². The van der Waals surface area contributed by atoms with Gasteiger partial charge in [0.25, 0.3) is 0 Å². The fraction of sp³-hybridized carbons (Fsp3) is 0.118. The van der Waals surface area contributed by atoms with Crippen molar-refractivity contribution in [3.63, 3.8) is 0 Å². The number of thiophene rings is 1. The SMILES string of the molecule is CCOC(=O)c1sc2ccc(F)c(F)c2c1-c1ccccc1. The van der Waals surface area contributed by atoms with E-state index < -0.39 is 17.6 Å². The first-order valence-corrected chi connectivity index (χ1v) is 7.58. The minimum atomic E-state index is -0.942. The lowest BCUT2D eigenvalue weighted by Crippen LogP contribution is -2.03. The first-order valence-electron chi connectivity index (χ1n) is 6.76. The van der Waals surface area contributed by atoms with Crippen molar-refractivity contribution in [3.05, 3.63) is 59.0 Å². The number of benzene rings is 2. The molecule has 112 valence electrons. The van der Waals surface area contributed by atoms with Gasteiger partial charge in [0.05, 0.1) is 6.61 Å². The van der Waals surface area contributed by atoms with E-state index in [1.165, 1.54) is 6.07 Å². The highest BCUT2D eigenvalue weighted by molar-refractivity contribution is 7.21. The van der Waals surface area contributed by atoms with Crippen molar-refractivity contribution in [1.29, 1.82) is 0 Å². The van der Waals surface area contributed by atoms with Crippen LogP contribution in [0.15, 0.2) is 42.5 Å². The van der Waals surface area contributed by atoms with Crippen molar-refractivity contribution in [2.24, 2.45) is 0 Å². The zero-order valence-electron chi connectivity index (χ0n) is 11.7. The third kappa shape index (κ3) is 2.37. The number of halogens is 2. The van der Waals surface area contributed by atoms with Crippen molar-refractivity contribution in [3.8, 4) is 11.1 Å². The zero-order valence-corrected chi connectivity index (χ0v) is 12.5. The van der Waals surface area contributed by atoms with Crippen LogP contribution in [0, 0.1) is 11.6 Å². The molecule has 0 aliphatic heterocycles. The Hall–Kier alpha value is -2.27. The van der Waals surface area contributed by atoms with Gasteiger partial charge in [-0.15, -0.1) is 11.3 Å². The van der Waals surface area contributed by atoms with E-state index in [4.69, 9.17) is 4.74 Å². The van der Waals surface area contributed by atoms with Gasteiger partial charge in [-0.25, -0.2) is 13.6 Å². The van der Waals surface area contributed by atoms with Crippen LogP contribution in [0.1, 0.15) is 16.6 Å². The van der Waals surface area contributed by atoms with Crippen LogP contribution in [0.2, 0.25) is 0 Å². The smallest absolute Gasteiger partial charge is 0.348 e. The van der Waals surface area contributed by atoms with E-state index in [0.29, 0.717) is 15.8 Å². The second-order valence-electron chi connectivity index (χ2n) is 4.63. The molecule has 0 aliphatic carbocycles. The monoisotopic (exact) mass is 318 g/mol. The molecule has 2 aromatic carbocycles. The number of hydrogen-bond donors (Lipinski definition) is 0. The second-order valence-corrected chi connectivity index (χ2v) is 5.68. The molecule has 0 spiro atoms. The summed E-state index contributed by atoms with van der Waals surface area (Å²) in [5.74, 6) is -2.40. The summed E-state index contributed by atoms with van der Waals surface area (Å²) in [5.41, 5.74) is 1.04. The first kappa shape index (κ1) is 14.7. The van der Waals surface area contributed by atoms with Gasteiger partial charge in [-0.1, -0.05) is 30.3 Å². The number of carbonyl (C=O) groups is 1. The number of fused-ring (bicyclic) bond motifs is 1. The highest BCUT2D eigenvalue weighted by atomic mass is 32.1. The normalized spacial score (nSPS) is 10.9. The molecule has 5 heteroatoms. The standard InChI is InChI=1S/C17H12F2O2S/c1-2-21-17(20)16-13(10-6-4-3-5-7-10)14-12(22-16)9-8-11(18)15(14)19/h3-9H,2H2,1H3. The minimum absolute atomic E-state index is 0.124. The van der Waals surface area contributed by atoms with E-state index in [1.807, 2.05) is 6.07 Å². The van der Waals surface area contributed by atoms with E-state index >= 15 is 0 Å². The molecule has 22 heavy (non-hydrogen) atoms. The molecule has 0 bridgehead atoms. The molecule has 3 aromatic rings. The Bertz CT molecular complexity index is 841. The molecule has 0 aliphatic rings. The highest BCUT2D eigenvalue weighted by Crippen LogP contribution is 2.41. The molecule has 1 heterocycles. The molecule has 0 radical (unpaired) electrons. The Morgan fingerprint density at radius 2 is 1.86 bits per heavy atom. The molecule has 0 atom stereocenters. The second kappa shape index (κ2) is 5.85. The molecule has 2 nitrogen and oxygen atoms in total. The number of esters is 1. The van der Waals surface area contributed by atoms with Crippen LogP contribution in [0.25, 0.3) is 21.2 Å². The lowest BCUT2D eigenvalue weighted by atomic mass is 10.0. The third-order valence-electron chi connectivity index (χ3n) is 3.27. The van der Waals surface area contributed by atoms with Crippen LogP contribution < -0.4 is 0 Å². The maximum absolute atomic E-state index is 14.3. The third-order valence-corrected chi connectivity index (χ3v) is 4.40. The van der Waals surface area contributed by atoms with Crippen LogP contribution >= 0.6 is 11.3 Å². The summed E-state index contributed by atoms with van der Waals surface area (Å²) in [5, 5.41) is 0.124. The van der Waals surface area contributed by atoms with E-state index in [1.54, 1.807) is 31.2 Å². The van der Waals surface area contributed by atoms with Crippen LogP contribution in [-0.2, 0) is 4.74 Å². The van der Waals surface area contributed by atoms with Crippen molar-refractivity contribution < 1.29 is 18.3 Å². The van der Waals surface area contributed by atoms with Crippen LogP contribution in [0.4, 0.5) is 8.78 Å². The summed E-state index contributed by atoms with van der Waals surface area (Å²) in [4.78, 5) is 12.5. The number of ether oxygens (including phenoxy) is 1. The molecule has 0 saturated carbocycles. The number of rotatable bonds is 3. The average molecular weight is 318 g/mol. The molecule has 0 fully saturated rings. The molecular formula is C17H12F2O2S. The topological polar surface area (TPSA) is 26.3 Å². The summed E-state index contributed by atoms with van der Waals surface area (Å²) in [6.07, 6.45) is 0. The summed E-state index contributed by atoms with van der Waals surface area (Å²) in [6, 6.07) is 11.4. The van der Waals surface area contributed by atoms with Crippen molar-refractivity contribution in [2.75, 3.05) is 6.61 Å². The number of hydrogen-bond acceptors (Lipinski definition) is 3. The van der Waals surface area contributed by atoms with Gasteiger partial charge in [0, 0.05) is 15.6 Å². The van der Waals surface area contributed by atoms with E-state index in [9.17, 15) is 13.6 Å². The largest absolute Gasteiger partial charge is 0.462 e. The molecule has 0 saturated heterocycles. The quantitative estimate of drug-likeness (QED) is 0.634. The van der Waals surface area contributed by atoms with E-state index in [0.717, 1.165) is 17.4 Å². The Morgan fingerprint density at radius 1 is 1.14 bits per heavy atom. The molecule has 0 unspecified atom stereocenters. The fourth-order valence-corrected chi connectivity index (χ4v) is 3.46. The zero-order chi connectivity index (χ0) is 15.7. The summed E-state index contributed by atoms with van der Waals surface area (Å²) >= 11 is 1.11. The van der Waals surface area contributed by atoms with Crippen molar-refractivity contribution in [1.82, 2.24) is 0 Å². The van der Waals surface area contributed by atoms with Gasteiger partial charge in [0.15, 0.2) is 11.6 Å². The summed E-state index contributed by atoms with van der Waals surface area (Å²) in [6.45, 7) is 1.92. The maximum Gasteiger partial charge on any atom is 0.348 e. The van der Waals surface area contributed by atoms with E-state index in [-0.39, 0.29) is 16.9 Å². The predicted octanol–water partition coefficient (Wildman–Crippen LogP) is 5.02. The summed E-state index contributed by atoms with van der Waals surface area (Å²) < 4.78 is 33.5. The molecule has 3 rings (SSSR count). The molecule has 1 aromatic heterocycles. The Labute approximate surface area is 130 Å². The molecule has 0 amide bonds. The Balaban J connectivity index is 2.36. The Kier molecular flexibility index (Phi) is 3.90. The lowest BCUT2D eigenvalue weighted by Gasteiger charge is -2.05. The lowest BCUT2D eigenvalue weighted by molar-refractivity contribution is 0.0533. The minimum Gasteiger partial charge on any atom is -0.462 e. The van der Waals surface area contributed by atoms with Crippen molar-refractivity contribution in [2.45, 2.75) is 6.92 Å². The van der Waals surface area contributed by atoms with Crippen LogP contribution in [0.5, 0.6) is 0 Å². The molecular weight excluding hydrogens is 306 g/mol. The van der Waals surface area contributed by atoms with Gasteiger partial charge in [-0.05, 0) is 24.6 Å². The predicted molar refractivity (Wildman–Crippen MR) is 83.1 cm³/mol. The molecule has 0 N–H and O–H groups in total. The van der Waals surface area contributed by atoms with E-state index in [2.05, 4.69) is 0 Å². The van der Waals surface area contributed by atoms with Gasteiger partial charge in [-0.3, -0.25) is 0 Å². The highest BCUT2D eigenvalue weighted by Gasteiger charge is 2.24.